The molecule has 0 spiro atoms. The molecule has 0 aliphatic carbocycles. The maximum absolute atomic E-state index is 13.2. The number of hydrogen-bond donors (Lipinski definition) is 2. The van der Waals surface area contributed by atoms with Crippen molar-refractivity contribution >= 4 is 41.3 Å². The Kier molecular flexibility index (Phi) is 8.43. The van der Waals surface area contributed by atoms with Crippen LogP contribution < -0.4 is 14.9 Å². The first-order valence-corrected chi connectivity index (χ1v) is 12.1. The van der Waals surface area contributed by atoms with E-state index >= 15 is 0 Å². The summed E-state index contributed by atoms with van der Waals surface area (Å²) in [6.07, 6.45) is 1.37. The Hall–Kier alpha value is -4.17. The Labute approximate surface area is 229 Å². The molecule has 7 nitrogen and oxygen atoms in total. The molecular formula is C29H22Cl2N2O5. The van der Waals surface area contributed by atoms with Crippen LogP contribution in [0.25, 0.3) is 0 Å². The number of nitrogens with zero attached hydrogens (tertiary/aromatic N) is 1. The third kappa shape index (κ3) is 5.86. The zero-order valence-electron chi connectivity index (χ0n) is 20.1. The van der Waals surface area contributed by atoms with Crippen LogP contribution in [0.1, 0.15) is 27.0 Å². The summed E-state index contributed by atoms with van der Waals surface area (Å²) in [4.78, 5) is 25.7. The van der Waals surface area contributed by atoms with Crippen LogP contribution in [0, 0.1) is 0 Å². The molecule has 2 N–H and O–H groups in total. The summed E-state index contributed by atoms with van der Waals surface area (Å²) in [5.74, 6) is -1.00. The van der Waals surface area contributed by atoms with Gasteiger partial charge in [-0.1, -0.05) is 83.9 Å². The molecule has 0 aliphatic rings. The first-order chi connectivity index (χ1) is 18.3. The zero-order valence-corrected chi connectivity index (χ0v) is 21.6. The van der Waals surface area contributed by atoms with E-state index in [0.29, 0.717) is 21.7 Å². The molecule has 38 heavy (non-hydrogen) atoms. The number of methoxy groups -OCH3 is 1. The summed E-state index contributed by atoms with van der Waals surface area (Å²) in [5, 5.41) is 16.0. The van der Waals surface area contributed by atoms with Crippen molar-refractivity contribution in [3.8, 4) is 11.5 Å². The fourth-order valence-corrected chi connectivity index (χ4v) is 4.18. The van der Waals surface area contributed by atoms with Gasteiger partial charge in [-0.15, -0.1) is 0 Å². The maximum atomic E-state index is 13.2. The van der Waals surface area contributed by atoms with Gasteiger partial charge >= 0.3 is 5.97 Å². The largest absolute Gasteiger partial charge is 0.493 e. The van der Waals surface area contributed by atoms with E-state index in [2.05, 4.69) is 10.5 Å². The molecule has 0 saturated heterocycles. The van der Waals surface area contributed by atoms with Gasteiger partial charge in [-0.2, -0.15) is 5.10 Å². The van der Waals surface area contributed by atoms with Crippen molar-refractivity contribution in [3.63, 3.8) is 0 Å². The number of carbonyl (C=O) groups excluding carboxylic acids is 2. The van der Waals surface area contributed by atoms with Crippen LogP contribution >= 0.6 is 23.2 Å². The fraction of sp³-hybridized carbons (Fsp3) is 0.0690. The van der Waals surface area contributed by atoms with Gasteiger partial charge in [-0.25, -0.2) is 10.2 Å². The molecule has 0 heterocycles. The van der Waals surface area contributed by atoms with E-state index in [-0.39, 0.29) is 22.1 Å². The highest BCUT2D eigenvalue weighted by Crippen LogP contribution is 2.31. The topological polar surface area (TPSA) is 97.2 Å². The number of halogens is 2. The molecule has 0 radical (unpaired) electrons. The van der Waals surface area contributed by atoms with Gasteiger partial charge in [0.15, 0.2) is 17.1 Å². The second kappa shape index (κ2) is 11.9. The highest BCUT2D eigenvalue weighted by atomic mass is 35.5. The van der Waals surface area contributed by atoms with E-state index < -0.39 is 17.5 Å². The predicted molar refractivity (Wildman–Crippen MR) is 146 cm³/mol. The standard InChI is InChI=1S/C29H22Cl2N2O5/c1-37-26-16-19(12-15-25(26)38-27(34)23-14-13-22(30)17-24(23)31)18-32-33-28(35)29(36,20-8-4-2-5-9-20)21-10-6-3-7-11-21/h2-18,36H,1H3,(H,33,35). The highest BCUT2D eigenvalue weighted by molar-refractivity contribution is 6.36. The van der Waals surface area contributed by atoms with Crippen molar-refractivity contribution in [1.29, 1.82) is 0 Å². The van der Waals surface area contributed by atoms with Crippen LogP contribution in [0.5, 0.6) is 11.5 Å². The third-order valence-electron chi connectivity index (χ3n) is 5.63. The number of esters is 1. The van der Waals surface area contributed by atoms with Gasteiger partial charge < -0.3 is 14.6 Å². The number of nitrogens with one attached hydrogen (secondary N) is 1. The molecule has 0 bridgehead atoms. The molecule has 0 aromatic heterocycles. The Morgan fingerprint density at radius 1 is 0.868 bits per heavy atom. The molecule has 9 heteroatoms. The molecule has 0 saturated carbocycles. The Bertz CT molecular complexity index is 1440. The average molecular weight is 549 g/mol. The lowest BCUT2D eigenvalue weighted by molar-refractivity contribution is -0.136. The van der Waals surface area contributed by atoms with E-state index in [4.69, 9.17) is 32.7 Å². The summed E-state index contributed by atoms with van der Waals surface area (Å²) < 4.78 is 10.8. The Balaban J connectivity index is 1.51. The number of benzene rings is 4. The number of aliphatic hydroxyl groups is 1. The van der Waals surface area contributed by atoms with E-state index in [1.165, 1.54) is 37.6 Å². The van der Waals surface area contributed by atoms with Crippen molar-refractivity contribution in [3.05, 3.63) is 129 Å². The predicted octanol–water partition coefficient (Wildman–Crippen LogP) is 5.61. The van der Waals surface area contributed by atoms with Crippen molar-refractivity contribution < 1.29 is 24.2 Å². The molecule has 1 amide bonds. The lowest BCUT2D eigenvalue weighted by Crippen LogP contribution is -2.43. The number of rotatable bonds is 8. The number of ether oxygens (including phenoxy) is 2. The Morgan fingerprint density at radius 2 is 1.50 bits per heavy atom. The zero-order chi connectivity index (χ0) is 27.1. The van der Waals surface area contributed by atoms with Crippen LogP contribution in [0.2, 0.25) is 10.0 Å². The highest BCUT2D eigenvalue weighted by Gasteiger charge is 2.39. The maximum Gasteiger partial charge on any atom is 0.345 e. The van der Waals surface area contributed by atoms with E-state index in [1.807, 2.05) is 0 Å². The molecule has 0 atom stereocenters. The first-order valence-electron chi connectivity index (χ1n) is 11.3. The van der Waals surface area contributed by atoms with Crippen molar-refractivity contribution in [1.82, 2.24) is 5.43 Å². The summed E-state index contributed by atoms with van der Waals surface area (Å²) in [5.41, 5.74) is 1.93. The summed E-state index contributed by atoms with van der Waals surface area (Å²) in [7, 11) is 1.42. The lowest BCUT2D eigenvalue weighted by atomic mass is 9.85. The number of carbonyl (C=O) groups is 2. The second-order valence-electron chi connectivity index (χ2n) is 8.07. The van der Waals surface area contributed by atoms with Gasteiger partial charge in [0.25, 0.3) is 5.91 Å². The van der Waals surface area contributed by atoms with Gasteiger partial charge in [0.2, 0.25) is 0 Å². The van der Waals surface area contributed by atoms with Crippen LogP contribution in [-0.4, -0.2) is 30.3 Å². The van der Waals surface area contributed by atoms with Gasteiger partial charge in [0.1, 0.15) is 0 Å². The average Bonchev–Trinajstić information content (AvgIpc) is 2.94. The van der Waals surface area contributed by atoms with Crippen molar-refractivity contribution in [2.75, 3.05) is 7.11 Å². The first kappa shape index (κ1) is 26.9. The molecule has 0 unspecified atom stereocenters. The van der Waals surface area contributed by atoms with E-state index in [9.17, 15) is 14.7 Å². The minimum atomic E-state index is -1.96. The van der Waals surface area contributed by atoms with Crippen molar-refractivity contribution in [2.24, 2.45) is 5.10 Å². The molecule has 4 aromatic carbocycles. The van der Waals surface area contributed by atoms with Gasteiger partial charge in [0.05, 0.1) is 23.9 Å². The molecule has 192 valence electrons. The normalized spacial score (nSPS) is 11.3. The smallest absolute Gasteiger partial charge is 0.345 e. The Morgan fingerprint density at radius 3 is 2.08 bits per heavy atom. The summed E-state index contributed by atoms with van der Waals surface area (Å²) in [6, 6.07) is 26.4. The van der Waals surface area contributed by atoms with Gasteiger partial charge in [-0.05, 0) is 53.1 Å². The van der Waals surface area contributed by atoms with Gasteiger partial charge in [0, 0.05) is 5.02 Å². The van der Waals surface area contributed by atoms with Crippen molar-refractivity contribution in [2.45, 2.75) is 5.60 Å². The van der Waals surface area contributed by atoms with E-state index in [0.717, 1.165) is 0 Å². The van der Waals surface area contributed by atoms with Gasteiger partial charge in [-0.3, -0.25) is 4.79 Å². The van der Waals surface area contributed by atoms with Crippen LogP contribution in [0.4, 0.5) is 0 Å². The van der Waals surface area contributed by atoms with Crippen LogP contribution in [-0.2, 0) is 10.4 Å². The SMILES string of the molecule is COc1cc(C=NNC(=O)C(O)(c2ccccc2)c2ccccc2)ccc1OC(=O)c1ccc(Cl)cc1Cl. The molecule has 0 aliphatic heterocycles. The molecule has 4 aromatic rings. The molecular weight excluding hydrogens is 527 g/mol. The summed E-state index contributed by atoms with van der Waals surface area (Å²) in [6.45, 7) is 0. The second-order valence-corrected chi connectivity index (χ2v) is 8.91. The fourth-order valence-electron chi connectivity index (χ4n) is 3.69. The third-order valence-corrected chi connectivity index (χ3v) is 6.18. The minimum Gasteiger partial charge on any atom is -0.493 e. The summed E-state index contributed by atoms with van der Waals surface area (Å²) >= 11 is 12.0. The molecule has 4 rings (SSSR count). The quantitative estimate of drug-likeness (QED) is 0.129. The van der Waals surface area contributed by atoms with Crippen LogP contribution in [0.15, 0.2) is 102 Å². The monoisotopic (exact) mass is 548 g/mol. The number of hydrazone groups is 1. The number of amides is 1. The molecule has 0 fully saturated rings. The number of hydrogen-bond acceptors (Lipinski definition) is 6. The minimum absolute atomic E-state index is 0.149. The lowest BCUT2D eigenvalue weighted by Gasteiger charge is -2.27. The van der Waals surface area contributed by atoms with Crippen LogP contribution in [0.3, 0.4) is 0 Å². The van der Waals surface area contributed by atoms with E-state index in [1.54, 1.807) is 72.8 Å².